The summed E-state index contributed by atoms with van der Waals surface area (Å²) < 4.78 is 0. The van der Waals surface area contributed by atoms with Crippen molar-refractivity contribution in [1.82, 2.24) is 25.5 Å². The zero-order valence-corrected chi connectivity index (χ0v) is 25.0. The molecule has 1 aliphatic heterocycles. The van der Waals surface area contributed by atoms with Gasteiger partial charge in [0.15, 0.2) is 5.96 Å². The molecule has 2 unspecified atom stereocenters. The van der Waals surface area contributed by atoms with E-state index in [-0.39, 0.29) is 48.6 Å². The molecular weight excluding hydrogens is 566 g/mol. The second kappa shape index (κ2) is 12.8. The van der Waals surface area contributed by atoms with Crippen molar-refractivity contribution in [3.63, 3.8) is 0 Å². The molecule has 0 spiro atoms. The lowest BCUT2D eigenvalue weighted by Gasteiger charge is -2.60. The van der Waals surface area contributed by atoms with Crippen LogP contribution < -0.4 is 27.8 Å². The van der Waals surface area contributed by atoms with E-state index in [1.807, 2.05) is 6.07 Å². The van der Waals surface area contributed by atoms with E-state index in [1.54, 1.807) is 12.3 Å². The predicted octanol–water partition coefficient (Wildman–Crippen LogP) is -0.295. The van der Waals surface area contributed by atoms with E-state index in [0.717, 1.165) is 49.0 Å². The minimum atomic E-state index is -1.14. The molecule has 2 aromatic rings. The van der Waals surface area contributed by atoms with Crippen LogP contribution >= 0.6 is 0 Å². The highest BCUT2D eigenvalue weighted by Gasteiger charge is 2.56. The maximum atomic E-state index is 13.7. The largest absolute Gasteiger partial charge is 0.507 e. The van der Waals surface area contributed by atoms with Gasteiger partial charge in [0.25, 0.3) is 5.91 Å². The van der Waals surface area contributed by atoms with Crippen LogP contribution in [0.2, 0.25) is 0 Å². The summed E-state index contributed by atoms with van der Waals surface area (Å²) in [6.45, 7) is 1.09. The average Bonchev–Trinajstić information content (AvgIpc) is 3.48. The van der Waals surface area contributed by atoms with Crippen molar-refractivity contribution in [2.45, 2.75) is 80.9 Å². The minimum absolute atomic E-state index is 0.0274. The number of H-pyrrole nitrogens is 1. The van der Waals surface area contributed by atoms with Crippen LogP contribution in [-0.2, 0) is 27.8 Å². The van der Waals surface area contributed by atoms with E-state index in [2.05, 4.69) is 37.5 Å². The third-order valence-corrected chi connectivity index (χ3v) is 9.84. The van der Waals surface area contributed by atoms with Crippen molar-refractivity contribution in [3.05, 3.63) is 47.0 Å². The quantitative estimate of drug-likeness (QED) is 0.0888. The molecule has 238 valence electrons. The fourth-order valence-corrected chi connectivity index (χ4v) is 7.84. The SMILES string of the molecule is CN1CCC23C[C@H](NC(Cc4cnc[nH]4)C(=O)N[C@@H](CCCN=C(N)N)C(=O)O)CC[C@H]2[C@H]1Cc1ccc(C(N)=O)c(O)c13. The Balaban J connectivity index is 1.40. The number of aromatic hydroxyl groups is 1. The van der Waals surface area contributed by atoms with E-state index in [1.165, 1.54) is 6.33 Å². The number of primary amides is 1. The standard InChI is InChI=1S/C30H43N9O5/c1-39-10-8-30-13-17(5-7-20(30)23(39)11-16-4-6-19(26(31)41)25(40)24(16)30)37-22(12-18-14-34-15-36-18)27(42)38-21(28(43)44)3-2-9-35-29(32)33/h4,6,14-15,17,20-23,37,40H,2-3,5,7-13H2,1H3,(H2,31,41)(H,34,36)(H,38,42)(H,43,44)(H4,32,33,35)/t17-,20+,21+,22?,23-,30?/m1/s1. The van der Waals surface area contributed by atoms with Crippen LogP contribution in [0.4, 0.5) is 0 Å². The molecule has 1 saturated heterocycles. The Labute approximate surface area is 255 Å². The number of aromatic amines is 1. The number of carboxylic acid groups (broad SMARTS) is 1. The van der Waals surface area contributed by atoms with Gasteiger partial charge in [0, 0.05) is 47.9 Å². The fourth-order valence-electron chi connectivity index (χ4n) is 7.84. The maximum Gasteiger partial charge on any atom is 0.326 e. The molecule has 44 heavy (non-hydrogen) atoms. The molecule has 0 radical (unpaired) electrons. The van der Waals surface area contributed by atoms with Gasteiger partial charge in [0.2, 0.25) is 5.91 Å². The molecule has 1 saturated carbocycles. The van der Waals surface area contributed by atoms with E-state index in [9.17, 15) is 24.6 Å². The number of likely N-dealkylation sites (N-methyl/N-ethyl adjacent to an activating group) is 1. The second-order valence-electron chi connectivity index (χ2n) is 12.5. The lowest BCUT2D eigenvalue weighted by molar-refractivity contribution is -0.142. The number of carbonyl (C=O) groups is 3. The van der Waals surface area contributed by atoms with E-state index in [0.29, 0.717) is 18.9 Å². The molecule has 14 nitrogen and oxygen atoms in total. The molecule has 2 bridgehead atoms. The van der Waals surface area contributed by atoms with Crippen molar-refractivity contribution in [2.75, 3.05) is 20.1 Å². The van der Waals surface area contributed by atoms with Gasteiger partial charge in [-0.2, -0.15) is 0 Å². The van der Waals surface area contributed by atoms with Crippen molar-refractivity contribution >= 4 is 23.7 Å². The first kappa shape index (κ1) is 31.3. The minimum Gasteiger partial charge on any atom is -0.507 e. The van der Waals surface area contributed by atoms with Crippen LogP contribution in [-0.4, -0.2) is 93.1 Å². The number of phenols is 1. The number of guanidine groups is 1. The first-order valence-corrected chi connectivity index (χ1v) is 15.2. The Bertz CT molecular complexity index is 1410. The Morgan fingerprint density at radius 3 is 2.70 bits per heavy atom. The number of nitrogens with one attached hydrogen (secondary N) is 3. The van der Waals surface area contributed by atoms with Crippen LogP contribution in [0.25, 0.3) is 0 Å². The molecule has 6 atom stereocenters. The number of hydrogen-bond acceptors (Lipinski definition) is 8. The van der Waals surface area contributed by atoms with Gasteiger partial charge in [0.05, 0.1) is 17.9 Å². The molecule has 5 rings (SSSR count). The topological polar surface area (TPSA) is 238 Å². The molecule has 1 aromatic carbocycles. The van der Waals surface area contributed by atoms with Gasteiger partial charge in [-0.05, 0) is 76.1 Å². The van der Waals surface area contributed by atoms with E-state index < -0.39 is 35.3 Å². The Kier molecular flexibility index (Phi) is 9.11. The molecule has 1 aromatic heterocycles. The normalized spacial score (nSPS) is 25.6. The zero-order valence-electron chi connectivity index (χ0n) is 25.0. The highest BCUT2D eigenvalue weighted by atomic mass is 16.4. The molecule has 2 heterocycles. The highest BCUT2D eigenvalue weighted by molar-refractivity contribution is 5.96. The Morgan fingerprint density at radius 2 is 2.02 bits per heavy atom. The molecule has 2 amide bonds. The van der Waals surface area contributed by atoms with Gasteiger partial charge in [-0.25, -0.2) is 9.78 Å². The summed E-state index contributed by atoms with van der Waals surface area (Å²) in [6, 6.07) is 1.87. The van der Waals surface area contributed by atoms with E-state index in [4.69, 9.17) is 17.2 Å². The van der Waals surface area contributed by atoms with Gasteiger partial charge in [0.1, 0.15) is 11.8 Å². The third kappa shape index (κ3) is 6.22. The number of amides is 2. The number of piperidine rings is 1. The first-order chi connectivity index (χ1) is 21.0. The summed E-state index contributed by atoms with van der Waals surface area (Å²) in [5, 5.41) is 27.5. The fraction of sp³-hybridized carbons (Fsp3) is 0.567. The smallest absolute Gasteiger partial charge is 0.326 e. The Hall–Kier alpha value is -4.17. The van der Waals surface area contributed by atoms with Gasteiger partial charge in [-0.1, -0.05) is 6.07 Å². The summed E-state index contributed by atoms with van der Waals surface area (Å²) in [6.07, 6.45) is 7.90. The number of fused-ring (bicyclic) bond motifs is 1. The number of hydrogen-bond donors (Lipinski definition) is 8. The molecular formula is C30H43N9O5. The van der Waals surface area contributed by atoms with Crippen molar-refractivity contribution in [1.29, 1.82) is 0 Å². The van der Waals surface area contributed by atoms with Gasteiger partial charge >= 0.3 is 5.97 Å². The third-order valence-electron chi connectivity index (χ3n) is 9.84. The first-order valence-electron chi connectivity index (χ1n) is 15.2. The lowest BCUT2D eigenvalue weighted by Crippen LogP contribution is -2.63. The summed E-state index contributed by atoms with van der Waals surface area (Å²) in [5.74, 6) is -2.07. The van der Waals surface area contributed by atoms with Crippen molar-refractivity contribution in [3.8, 4) is 5.75 Å². The average molecular weight is 610 g/mol. The Morgan fingerprint density at radius 1 is 1.23 bits per heavy atom. The summed E-state index contributed by atoms with van der Waals surface area (Å²) in [4.78, 5) is 51.3. The summed E-state index contributed by atoms with van der Waals surface area (Å²) in [7, 11) is 2.14. The number of aromatic nitrogens is 2. The maximum absolute atomic E-state index is 13.7. The predicted molar refractivity (Wildman–Crippen MR) is 163 cm³/mol. The van der Waals surface area contributed by atoms with Gasteiger partial charge < -0.3 is 47.9 Å². The molecule has 11 N–H and O–H groups in total. The van der Waals surface area contributed by atoms with Crippen LogP contribution in [0.1, 0.15) is 65.7 Å². The lowest BCUT2D eigenvalue weighted by atomic mass is 9.51. The highest BCUT2D eigenvalue weighted by Crippen LogP contribution is 2.58. The van der Waals surface area contributed by atoms with Crippen LogP contribution in [0.15, 0.2) is 29.6 Å². The number of aliphatic imine (C=N–C) groups is 1. The number of benzene rings is 1. The molecule has 2 aliphatic carbocycles. The second-order valence-corrected chi connectivity index (χ2v) is 12.5. The number of likely N-dealkylation sites (tertiary alicyclic amines) is 1. The number of aliphatic carboxylic acids is 1. The number of rotatable bonds is 12. The van der Waals surface area contributed by atoms with E-state index >= 15 is 0 Å². The monoisotopic (exact) mass is 609 g/mol. The van der Waals surface area contributed by atoms with Crippen LogP contribution in [0.3, 0.4) is 0 Å². The summed E-state index contributed by atoms with van der Waals surface area (Å²) >= 11 is 0. The van der Waals surface area contributed by atoms with Crippen molar-refractivity contribution in [2.24, 2.45) is 28.1 Å². The molecule has 14 heteroatoms. The number of carboxylic acids is 1. The van der Waals surface area contributed by atoms with Crippen LogP contribution in [0, 0.1) is 5.92 Å². The van der Waals surface area contributed by atoms with Crippen LogP contribution in [0.5, 0.6) is 5.75 Å². The van der Waals surface area contributed by atoms with Crippen molar-refractivity contribution < 1.29 is 24.6 Å². The molecule has 2 fully saturated rings. The number of nitrogens with zero attached hydrogens (tertiary/aromatic N) is 3. The zero-order chi connectivity index (χ0) is 31.6. The summed E-state index contributed by atoms with van der Waals surface area (Å²) in [5.41, 5.74) is 18.7. The molecule has 3 aliphatic rings. The number of carbonyl (C=O) groups excluding carboxylic acids is 2. The number of imidazole rings is 1. The van der Waals surface area contributed by atoms with Gasteiger partial charge in [-0.15, -0.1) is 0 Å². The number of nitrogens with two attached hydrogens (primary N) is 3. The van der Waals surface area contributed by atoms with Gasteiger partial charge in [-0.3, -0.25) is 14.6 Å².